The molecule has 0 spiro atoms. The predicted molar refractivity (Wildman–Crippen MR) is 61.1 cm³/mol. The largest absolute Gasteiger partial charge is 0.378 e. The van der Waals surface area contributed by atoms with Gasteiger partial charge in [0.25, 0.3) is 5.91 Å². The number of aromatic nitrogens is 1. The molecule has 4 heteroatoms. The molecule has 4 nitrogen and oxygen atoms in total. The third-order valence-corrected chi connectivity index (χ3v) is 2.39. The summed E-state index contributed by atoms with van der Waals surface area (Å²) < 4.78 is 0. The van der Waals surface area contributed by atoms with E-state index in [1.165, 1.54) is 0 Å². The topological polar surface area (TPSA) is 62.1 Å². The number of hydrogen-bond acceptors (Lipinski definition) is 2. The molecule has 2 aromatic rings. The van der Waals surface area contributed by atoms with Crippen molar-refractivity contribution in [3.63, 3.8) is 0 Å². The highest BCUT2D eigenvalue weighted by atomic mass is 16.1. The number of nitrogens with two attached hydrogens (primary N) is 1. The molecular formula is C11H13N3O. The molecule has 1 aromatic heterocycles. The smallest absolute Gasteiger partial charge is 0.265 e. The van der Waals surface area contributed by atoms with E-state index in [4.69, 9.17) is 5.73 Å². The van der Waals surface area contributed by atoms with Gasteiger partial charge in [-0.15, -0.1) is 0 Å². The van der Waals surface area contributed by atoms with E-state index < -0.39 is 5.91 Å². The van der Waals surface area contributed by atoms with Crippen LogP contribution in [0.1, 0.15) is 10.5 Å². The molecule has 0 aliphatic heterocycles. The molecule has 0 saturated heterocycles. The second-order valence-corrected chi connectivity index (χ2v) is 3.71. The summed E-state index contributed by atoms with van der Waals surface area (Å²) in [5.74, 6) is -0.433. The van der Waals surface area contributed by atoms with Crippen LogP contribution in [-0.4, -0.2) is 25.0 Å². The number of aromatic amines is 1. The Bertz CT molecular complexity index is 514. The van der Waals surface area contributed by atoms with Gasteiger partial charge in [0.15, 0.2) is 0 Å². The number of nitrogens with zero attached hydrogens (tertiary/aromatic N) is 1. The third kappa shape index (κ3) is 1.66. The highest BCUT2D eigenvalue weighted by molar-refractivity contribution is 5.97. The van der Waals surface area contributed by atoms with Crippen molar-refractivity contribution in [2.45, 2.75) is 0 Å². The lowest BCUT2D eigenvalue weighted by Crippen LogP contribution is -2.10. The van der Waals surface area contributed by atoms with Crippen molar-refractivity contribution in [2.24, 2.45) is 5.73 Å². The van der Waals surface area contributed by atoms with Crippen molar-refractivity contribution < 1.29 is 4.79 Å². The molecule has 0 bridgehead atoms. The fourth-order valence-electron chi connectivity index (χ4n) is 1.53. The predicted octanol–water partition coefficient (Wildman–Crippen LogP) is 1.33. The van der Waals surface area contributed by atoms with Crippen LogP contribution in [0.3, 0.4) is 0 Å². The molecule has 15 heavy (non-hydrogen) atoms. The van der Waals surface area contributed by atoms with Crippen LogP contribution >= 0.6 is 0 Å². The number of carbonyl (C=O) groups excluding carboxylic acids is 1. The minimum atomic E-state index is -0.433. The quantitative estimate of drug-likeness (QED) is 0.773. The molecule has 0 aliphatic rings. The van der Waals surface area contributed by atoms with E-state index in [1.54, 1.807) is 6.07 Å². The summed E-state index contributed by atoms with van der Waals surface area (Å²) in [5.41, 5.74) is 7.66. The maximum absolute atomic E-state index is 11.0. The number of rotatable bonds is 2. The standard InChI is InChI=1S/C11H13N3O/c1-14(2)8-3-4-9-7(5-8)6-10(13-9)11(12)15/h3-6,13H,1-2H3,(H2,12,15). The Morgan fingerprint density at radius 2 is 2.07 bits per heavy atom. The maximum atomic E-state index is 11.0. The number of amides is 1. The number of fused-ring (bicyclic) bond motifs is 1. The Hall–Kier alpha value is -1.97. The van der Waals surface area contributed by atoms with Gasteiger partial charge in [-0.25, -0.2) is 0 Å². The van der Waals surface area contributed by atoms with Crippen molar-refractivity contribution in [3.05, 3.63) is 30.0 Å². The monoisotopic (exact) mass is 203 g/mol. The second kappa shape index (κ2) is 3.31. The van der Waals surface area contributed by atoms with Crippen LogP contribution in [0.4, 0.5) is 5.69 Å². The van der Waals surface area contributed by atoms with Gasteiger partial charge in [-0.3, -0.25) is 4.79 Å². The lowest BCUT2D eigenvalue weighted by atomic mass is 10.2. The summed E-state index contributed by atoms with van der Waals surface area (Å²) in [6.45, 7) is 0. The van der Waals surface area contributed by atoms with E-state index in [2.05, 4.69) is 4.98 Å². The summed E-state index contributed by atoms with van der Waals surface area (Å²) in [4.78, 5) is 15.9. The van der Waals surface area contributed by atoms with Gasteiger partial charge in [0.05, 0.1) is 0 Å². The molecule has 78 valence electrons. The van der Waals surface area contributed by atoms with Crippen LogP contribution in [0, 0.1) is 0 Å². The first-order valence-corrected chi connectivity index (χ1v) is 4.68. The van der Waals surface area contributed by atoms with E-state index in [0.717, 1.165) is 16.6 Å². The van der Waals surface area contributed by atoms with Gasteiger partial charge in [-0.05, 0) is 24.3 Å². The molecule has 3 N–H and O–H groups in total. The molecule has 0 saturated carbocycles. The Balaban J connectivity index is 2.57. The Morgan fingerprint density at radius 3 is 2.67 bits per heavy atom. The number of hydrogen-bond donors (Lipinski definition) is 2. The first-order valence-electron chi connectivity index (χ1n) is 4.68. The Kier molecular flexibility index (Phi) is 2.11. The van der Waals surface area contributed by atoms with Crippen molar-refractivity contribution in [3.8, 4) is 0 Å². The minimum absolute atomic E-state index is 0.433. The summed E-state index contributed by atoms with van der Waals surface area (Å²) in [5, 5.41) is 0.995. The van der Waals surface area contributed by atoms with E-state index in [-0.39, 0.29) is 0 Å². The van der Waals surface area contributed by atoms with E-state index >= 15 is 0 Å². The normalized spacial score (nSPS) is 10.5. The van der Waals surface area contributed by atoms with Crippen LogP contribution in [0.25, 0.3) is 10.9 Å². The average molecular weight is 203 g/mol. The van der Waals surface area contributed by atoms with Crippen LogP contribution in [0.5, 0.6) is 0 Å². The summed E-state index contributed by atoms with van der Waals surface area (Å²) in [6.07, 6.45) is 0. The van der Waals surface area contributed by atoms with Gasteiger partial charge in [0, 0.05) is 30.7 Å². The molecule has 0 aliphatic carbocycles. The maximum Gasteiger partial charge on any atom is 0.265 e. The van der Waals surface area contributed by atoms with Crippen molar-refractivity contribution in [1.82, 2.24) is 4.98 Å². The second-order valence-electron chi connectivity index (χ2n) is 3.71. The third-order valence-electron chi connectivity index (χ3n) is 2.39. The summed E-state index contributed by atoms with van der Waals surface area (Å²) in [7, 11) is 3.95. The van der Waals surface area contributed by atoms with Crippen LogP contribution in [0.15, 0.2) is 24.3 Å². The zero-order valence-electron chi connectivity index (χ0n) is 8.74. The van der Waals surface area contributed by atoms with Crippen molar-refractivity contribution in [1.29, 1.82) is 0 Å². The van der Waals surface area contributed by atoms with Gasteiger partial charge in [-0.1, -0.05) is 0 Å². The van der Waals surface area contributed by atoms with Crippen LogP contribution < -0.4 is 10.6 Å². The van der Waals surface area contributed by atoms with Gasteiger partial charge >= 0.3 is 0 Å². The van der Waals surface area contributed by atoms with Gasteiger partial charge in [0.2, 0.25) is 0 Å². The highest BCUT2D eigenvalue weighted by Crippen LogP contribution is 2.21. The number of anilines is 1. The molecule has 1 heterocycles. The van der Waals surface area contributed by atoms with E-state index in [9.17, 15) is 4.79 Å². The van der Waals surface area contributed by atoms with Gasteiger partial charge in [0.1, 0.15) is 5.69 Å². The highest BCUT2D eigenvalue weighted by Gasteiger charge is 2.06. The molecule has 0 fully saturated rings. The van der Waals surface area contributed by atoms with E-state index in [1.807, 2.05) is 37.2 Å². The lowest BCUT2D eigenvalue weighted by molar-refractivity contribution is 0.0996. The van der Waals surface area contributed by atoms with Crippen molar-refractivity contribution in [2.75, 3.05) is 19.0 Å². The number of H-pyrrole nitrogens is 1. The first kappa shape index (κ1) is 9.58. The van der Waals surface area contributed by atoms with Gasteiger partial charge < -0.3 is 15.6 Å². The fraction of sp³-hybridized carbons (Fsp3) is 0.182. The zero-order chi connectivity index (χ0) is 11.0. The molecule has 2 rings (SSSR count). The molecule has 0 unspecified atom stereocenters. The molecular weight excluding hydrogens is 190 g/mol. The Labute approximate surface area is 87.7 Å². The van der Waals surface area contributed by atoms with Crippen LogP contribution in [0.2, 0.25) is 0 Å². The van der Waals surface area contributed by atoms with Crippen LogP contribution in [-0.2, 0) is 0 Å². The number of primary amides is 1. The van der Waals surface area contributed by atoms with Crippen molar-refractivity contribution >= 4 is 22.5 Å². The zero-order valence-corrected chi connectivity index (χ0v) is 8.74. The lowest BCUT2D eigenvalue weighted by Gasteiger charge is -2.11. The minimum Gasteiger partial charge on any atom is -0.378 e. The SMILES string of the molecule is CN(C)c1ccc2[nH]c(C(N)=O)cc2c1. The first-order chi connectivity index (χ1) is 7.08. The average Bonchev–Trinajstić information content (AvgIpc) is 2.59. The summed E-state index contributed by atoms with van der Waals surface area (Å²) in [6, 6.07) is 7.71. The molecule has 1 aromatic carbocycles. The number of carbonyl (C=O) groups is 1. The number of nitrogens with one attached hydrogen (secondary N) is 1. The molecule has 0 radical (unpaired) electrons. The van der Waals surface area contributed by atoms with E-state index in [0.29, 0.717) is 5.69 Å². The van der Waals surface area contributed by atoms with Gasteiger partial charge in [-0.2, -0.15) is 0 Å². The molecule has 0 atom stereocenters. The number of benzene rings is 1. The molecule has 1 amide bonds. The Morgan fingerprint density at radius 1 is 1.33 bits per heavy atom. The fourth-order valence-corrected chi connectivity index (χ4v) is 1.53. The summed E-state index contributed by atoms with van der Waals surface area (Å²) >= 11 is 0.